The van der Waals surface area contributed by atoms with Gasteiger partial charge in [0, 0.05) is 12.6 Å². The van der Waals surface area contributed by atoms with Crippen molar-refractivity contribution in [2.45, 2.75) is 31.6 Å². The van der Waals surface area contributed by atoms with E-state index in [1.807, 2.05) is 6.07 Å². The third kappa shape index (κ3) is 2.17. The summed E-state index contributed by atoms with van der Waals surface area (Å²) < 4.78 is 5.75. The van der Waals surface area contributed by atoms with Crippen molar-refractivity contribution in [1.29, 1.82) is 5.26 Å². The van der Waals surface area contributed by atoms with Crippen LogP contribution >= 0.6 is 0 Å². The van der Waals surface area contributed by atoms with Gasteiger partial charge in [-0.2, -0.15) is 5.26 Å². The molecule has 0 unspecified atom stereocenters. The highest BCUT2D eigenvalue weighted by atomic mass is 16.5. The normalized spacial score (nSPS) is 23.1. The smallest absolute Gasteiger partial charge is 0.315 e. The van der Waals surface area contributed by atoms with Gasteiger partial charge < -0.3 is 20.5 Å². The van der Waals surface area contributed by atoms with E-state index in [1.165, 1.54) is 11.9 Å². The molecular weight excluding hydrogens is 258 g/mol. The van der Waals surface area contributed by atoms with Gasteiger partial charge in [0.1, 0.15) is 17.5 Å². The fourth-order valence-electron chi connectivity index (χ4n) is 2.39. The van der Waals surface area contributed by atoms with Crippen LogP contribution in [0.4, 0.5) is 4.79 Å². The maximum Gasteiger partial charge on any atom is 0.315 e. The molecule has 1 heterocycles. The van der Waals surface area contributed by atoms with E-state index >= 15 is 0 Å². The van der Waals surface area contributed by atoms with Crippen molar-refractivity contribution >= 4 is 6.03 Å². The predicted molar refractivity (Wildman–Crippen MR) is 72.0 cm³/mol. The Hall–Kier alpha value is -2.26. The van der Waals surface area contributed by atoms with E-state index in [9.17, 15) is 9.90 Å². The van der Waals surface area contributed by atoms with E-state index in [-0.39, 0.29) is 0 Å². The summed E-state index contributed by atoms with van der Waals surface area (Å²) >= 11 is 0. The van der Waals surface area contributed by atoms with Crippen molar-refractivity contribution in [2.75, 3.05) is 7.05 Å². The number of aliphatic hydroxyl groups excluding tert-OH is 1. The number of rotatable bonds is 1. The molecule has 2 atom stereocenters. The van der Waals surface area contributed by atoms with Gasteiger partial charge in [-0.25, -0.2) is 4.79 Å². The highest BCUT2D eigenvalue weighted by Gasteiger charge is 2.45. The van der Waals surface area contributed by atoms with Gasteiger partial charge in [-0.15, -0.1) is 0 Å². The van der Waals surface area contributed by atoms with Gasteiger partial charge in [0.25, 0.3) is 0 Å². The van der Waals surface area contributed by atoms with Crippen LogP contribution in [0.3, 0.4) is 0 Å². The molecule has 6 nitrogen and oxygen atoms in total. The summed E-state index contributed by atoms with van der Waals surface area (Å²) in [5.74, 6) is 0.539. The predicted octanol–water partition coefficient (Wildman–Crippen LogP) is 1.14. The number of nitrogens with two attached hydrogens (primary N) is 1. The summed E-state index contributed by atoms with van der Waals surface area (Å²) in [6, 6.07) is 5.64. The first-order chi connectivity index (χ1) is 9.27. The Morgan fingerprint density at radius 2 is 2.20 bits per heavy atom. The summed E-state index contributed by atoms with van der Waals surface area (Å²) in [7, 11) is 1.51. The van der Waals surface area contributed by atoms with Crippen LogP contribution in [0, 0.1) is 11.3 Å². The topological polar surface area (TPSA) is 99.6 Å². The Labute approximate surface area is 117 Å². The number of hydrogen-bond acceptors (Lipinski definition) is 4. The minimum Gasteiger partial charge on any atom is -0.485 e. The highest BCUT2D eigenvalue weighted by Crippen LogP contribution is 2.42. The molecule has 0 radical (unpaired) electrons. The molecule has 1 aromatic rings. The molecule has 0 fully saturated rings. The summed E-state index contributed by atoms with van der Waals surface area (Å²) in [6.45, 7) is 3.47. The van der Waals surface area contributed by atoms with Crippen LogP contribution in [0.25, 0.3) is 0 Å². The Morgan fingerprint density at radius 3 is 2.75 bits per heavy atom. The summed E-state index contributed by atoms with van der Waals surface area (Å²) in [5.41, 5.74) is 5.46. The van der Waals surface area contributed by atoms with Crippen LogP contribution in [0.5, 0.6) is 5.75 Å². The number of carbonyl (C=O) groups excluding carboxylic acids is 1. The molecule has 0 aromatic heterocycles. The van der Waals surface area contributed by atoms with E-state index in [0.717, 1.165) is 0 Å². The summed E-state index contributed by atoms with van der Waals surface area (Å²) in [4.78, 5) is 12.7. The quantitative estimate of drug-likeness (QED) is 0.802. The van der Waals surface area contributed by atoms with Gasteiger partial charge in [-0.1, -0.05) is 0 Å². The van der Waals surface area contributed by atoms with Gasteiger partial charge in [-0.3, -0.25) is 0 Å². The third-order valence-electron chi connectivity index (χ3n) is 3.61. The Balaban J connectivity index is 2.60. The number of amides is 2. The van der Waals surface area contributed by atoms with Gasteiger partial charge in [0.15, 0.2) is 0 Å². The van der Waals surface area contributed by atoms with Gasteiger partial charge in [-0.05, 0) is 32.0 Å². The number of hydrogen-bond donors (Lipinski definition) is 2. The zero-order chi connectivity index (χ0) is 15.1. The van der Waals surface area contributed by atoms with Crippen LogP contribution < -0.4 is 10.5 Å². The standard InChI is InChI=1S/C14H17N3O3/c1-14(2)12(18)11(17(3)13(16)19)9-6-8(7-15)4-5-10(9)20-14/h4-6,11-12,18H,1-3H3,(H2,16,19)/t11-,12+/m1/s1. The maximum atomic E-state index is 11.5. The van der Waals surface area contributed by atoms with Crippen LogP contribution in [-0.4, -0.2) is 34.8 Å². The molecule has 0 saturated carbocycles. The Kier molecular flexibility index (Phi) is 3.32. The van der Waals surface area contributed by atoms with Gasteiger partial charge >= 0.3 is 6.03 Å². The lowest BCUT2D eigenvalue weighted by Crippen LogP contribution is -2.54. The number of likely N-dealkylation sites (N-methyl/N-ethyl adjacent to an activating group) is 1. The van der Waals surface area contributed by atoms with E-state index in [1.54, 1.807) is 32.0 Å². The molecule has 0 bridgehead atoms. The number of ether oxygens (including phenoxy) is 1. The highest BCUT2D eigenvalue weighted by molar-refractivity contribution is 5.72. The molecular formula is C14H17N3O3. The maximum absolute atomic E-state index is 11.5. The fraction of sp³-hybridized carbons (Fsp3) is 0.429. The molecule has 0 spiro atoms. The zero-order valence-electron chi connectivity index (χ0n) is 11.6. The van der Waals surface area contributed by atoms with Crippen molar-refractivity contribution < 1.29 is 14.6 Å². The summed E-state index contributed by atoms with van der Waals surface area (Å²) in [5, 5.41) is 19.5. The lowest BCUT2D eigenvalue weighted by atomic mass is 9.85. The molecule has 106 valence electrons. The third-order valence-corrected chi connectivity index (χ3v) is 3.61. The lowest BCUT2D eigenvalue weighted by molar-refractivity contribution is -0.0809. The zero-order valence-corrected chi connectivity index (χ0v) is 11.6. The first-order valence-electron chi connectivity index (χ1n) is 6.21. The first-order valence-corrected chi connectivity index (χ1v) is 6.21. The van der Waals surface area contributed by atoms with E-state index in [2.05, 4.69) is 0 Å². The number of urea groups is 1. The van der Waals surface area contributed by atoms with Crippen molar-refractivity contribution in [3.8, 4) is 11.8 Å². The Morgan fingerprint density at radius 1 is 1.55 bits per heavy atom. The monoisotopic (exact) mass is 275 g/mol. The van der Waals surface area contributed by atoms with Crippen LogP contribution in [0.2, 0.25) is 0 Å². The minimum atomic E-state index is -0.957. The van der Waals surface area contributed by atoms with Gasteiger partial charge in [0.05, 0.1) is 17.7 Å². The van der Waals surface area contributed by atoms with Crippen molar-refractivity contribution in [3.05, 3.63) is 29.3 Å². The van der Waals surface area contributed by atoms with Crippen molar-refractivity contribution in [3.63, 3.8) is 0 Å². The van der Waals surface area contributed by atoms with E-state index in [4.69, 9.17) is 15.7 Å². The largest absolute Gasteiger partial charge is 0.485 e. The molecule has 0 saturated heterocycles. The minimum absolute atomic E-state index is 0.433. The number of fused-ring (bicyclic) bond motifs is 1. The summed E-state index contributed by atoms with van der Waals surface area (Å²) in [6.07, 6.45) is -0.957. The number of primary amides is 1. The van der Waals surface area contributed by atoms with Gasteiger partial charge in [0.2, 0.25) is 0 Å². The molecule has 3 N–H and O–H groups in total. The van der Waals surface area contributed by atoms with Crippen molar-refractivity contribution in [1.82, 2.24) is 4.90 Å². The number of nitriles is 1. The number of nitrogens with zero attached hydrogens (tertiary/aromatic N) is 2. The fourth-order valence-corrected chi connectivity index (χ4v) is 2.39. The van der Waals surface area contributed by atoms with Crippen LogP contribution in [-0.2, 0) is 0 Å². The number of aliphatic hydroxyl groups is 1. The molecule has 1 aliphatic heterocycles. The SMILES string of the molecule is CN(C(N)=O)[C@@H]1c2cc(C#N)ccc2OC(C)(C)[C@H]1O. The second-order valence-electron chi connectivity index (χ2n) is 5.41. The van der Waals surface area contributed by atoms with Crippen LogP contribution in [0.1, 0.15) is 31.0 Å². The molecule has 1 aromatic carbocycles. The molecule has 2 amide bonds. The molecule has 6 heteroatoms. The average Bonchev–Trinajstić information content (AvgIpc) is 2.38. The lowest BCUT2D eigenvalue weighted by Gasteiger charge is -2.44. The Bertz CT molecular complexity index is 592. The first kappa shape index (κ1) is 14.2. The number of benzene rings is 1. The molecule has 2 rings (SSSR count). The molecule has 0 aliphatic carbocycles. The second-order valence-corrected chi connectivity index (χ2v) is 5.41. The second kappa shape index (κ2) is 4.69. The van der Waals surface area contributed by atoms with E-state index in [0.29, 0.717) is 16.9 Å². The molecule has 1 aliphatic rings. The van der Waals surface area contributed by atoms with Crippen LogP contribution in [0.15, 0.2) is 18.2 Å². The molecule has 20 heavy (non-hydrogen) atoms. The van der Waals surface area contributed by atoms with Crippen molar-refractivity contribution in [2.24, 2.45) is 5.73 Å². The average molecular weight is 275 g/mol. The number of carbonyl (C=O) groups is 1. The van der Waals surface area contributed by atoms with E-state index < -0.39 is 23.8 Å².